The van der Waals surface area contributed by atoms with Gasteiger partial charge < -0.3 is 14.8 Å². The van der Waals surface area contributed by atoms with Gasteiger partial charge in [0.2, 0.25) is 0 Å². The number of pyridine rings is 1. The molecule has 1 saturated heterocycles. The molecule has 2 aromatic carbocycles. The minimum absolute atomic E-state index is 0.0597. The van der Waals surface area contributed by atoms with Crippen LogP contribution in [-0.4, -0.2) is 33.9 Å². The summed E-state index contributed by atoms with van der Waals surface area (Å²) in [5, 5.41) is 0. The first kappa shape index (κ1) is 18.1. The van der Waals surface area contributed by atoms with Crippen LogP contribution in [0.25, 0.3) is 22.4 Å². The lowest BCUT2D eigenvalue weighted by atomic mass is 10.1. The highest BCUT2D eigenvalue weighted by Crippen LogP contribution is 2.33. The van der Waals surface area contributed by atoms with Crippen LogP contribution in [0, 0.1) is 0 Å². The van der Waals surface area contributed by atoms with Gasteiger partial charge in [0.1, 0.15) is 5.82 Å². The van der Waals surface area contributed by atoms with Gasteiger partial charge in [-0.05, 0) is 73.4 Å². The van der Waals surface area contributed by atoms with E-state index in [0.29, 0.717) is 6.54 Å². The summed E-state index contributed by atoms with van der Waals surface area (Å²) in [5.41, 5.74) is 6.81. The van der Waals surface area contributed by atoms with Crippen molar-refractivity contribution < 1.29 is 4.79 Å². The summed E-state index contributed by atoms with van der Waals surface area (Å²) in [7, 11) is 0. The smallest absolute Gasteiger partial charge is 0.258 e. The van der Waals surface area contributed by atoms with E-state index in [-0.39, 0.29) is 5.91 Å². The van der Waals surface area contributed by atoms with Crippen LogP contribution in [0.5, 0.6) is 0 Å². The Balaban J connectivity index is 1.30. The fraction of sp³-hybridized carbons (Fsp3) is 0.240. The molecule has 4 aromatic rings. The zero-order valence-electron chi connectivity index (χ0n) is 17.2. The standard InChI is InChI=1S/C25H23N5O/c31-25-21-6-4-19(29-12-2-1-3-13-29)14-18(21)16-30(25)20-5-7-22-23(15-20)28-24(27-22)17-8-10-26-11-9-17/h4-11,14-15H,1-3,12-13,16H2,(H,27,28). The van der Waals surface area contributed by atoms with Gasteiger partial charge in [-0.3, -0.25) is 9.78 Å². The molecule has 31 heavy (non-hydrogen) atoms. The molecule has 6 nitrogen and oxygen atoms in total. The summed E-state index contributed by atoms with van der Waals surface area (Å²) in [5.74, 6) is 0.862. The summed E-state index contributed by atoms with van der Waals surface area (Å²) in [6, 6.07) is 16.1. The van der Waals surface area contributed by atoms with Gasteiger partial charge in [0, 0.05) is 48.0 Å². The average molecular weight is 409 g/mol. The molecule has 0 bridgehead atoms. The number of nitrogens with zero attached hydrogens (tertiary/aromatic N) is 4. The molecule has 2 aliphatic heterocycles. The van der Waals surface area contributed by atoms with Gasteiger partial charge in [0.15, 0.2) is 0 Å². The van der Waals surface area contributed by atoms with Crippen molar-refractivity contribution in [2.24, 2.45) is 0 Å². The van der Waals surface area contributed by atoms with Crippen molar-refractivity contribution in [3.05, 3.63) is 72.1 Å². The summed E-state index contributed by atoms with van der Waals surface area (Å²) in [6.45, 7) is 2.81. The number of H-pyrrole nitrogens is 1. The number of piperidine rings is 1. The maximum atomic E-state index is 13.1. The van der Waals surface area contributed by atoms with Gasteiger partial charge in [-0.15, -0.1) is 0 Å². The Bertz CT molecular complexity index is 1270. The summed E-state index contributed by atoms with van der Waals surface area (Å²) in [4.78, 5) is 29.6. The van der Waals surface area contributed by atoms with Crippen molar-refractivity contribution in [1.82, 2.24) is 15.0 Å². The Hall–Kier alpha value is -3.67. The maximum absolute atomic E-state index is 13.1. The van der Waals surface area contributed by atoms with E-state index in [1.807, 2.05) is 41.3 Å². The summed E-state index contributed by atoms with van der Waals surface area (Å²) < 4.78 is 0. The number of aromatic nitrogens is 3. The van der Waals surface area contributed by atoms with Gasteiger partial charge in [-0.25, -0.2) is 4.98 Å². The minimum atomic E-state index is 0.0597. The van der Waals surface area contributed by atoms with E-state index < -0.39 is 0 Å². The number of rotatable bonds is 3. The SMILES string of the molecule is O=C1c2ccc(N3CCCCC3)cc2CN1c1ccc2[nH]c(-c3ccncc3)nc2c1. The largest absolute Gasteiger partial charge is 0.372 e. The van der Waals surface area contributed by atoms with Crippen LogP contribution in [0.1, 0.15) is 35.2 Å². The van der Waals surface area contributed by atoms with Crippen LogP contribution < -0.4 is 9.80 Å². The number of carbonyl (C=O) groups is 1. The highest BCUT2D eigenvalue weighted by atomic mass is 16.2. The van der Waals surface area contributed by atoms with E-state index >= 15 is 0 Å². The number of anilines is 2. The molecule has 0 unspecified atom stereocenters. The van der Waals surface area contributed by atoms with Gasteiger partial charge in [0.25, 0.3) is 5.91 Å². The zero-order valence-corrected chi connectivity index (χ0v) is 17.2. The van der Waals surface area contributed by atoms with Crippen molar-refractivity contribution in [2.45, 2.75) is 25.8 Å². The van der Waals surface area contributed by atoms with Crippen molar-refractivity contribution in [3.8, 4) is 11.4 Å². The molecule has 1 fully saturated rings. The molecule has 4 heterocycles. The quantitative estimate of drug-likeness (QED) is 0.529. The van der Waals surface area contributed by atoms with Crippen LogP contribution in [0.2, 0.25) is 0 Å². The average Bonchev–Trinajstić information content (AvgIpc) is 3.40. The first-order valence-corrected chi connectivity index (χ1v) is 10.9. The van der Waals surface area contributed by atoms with Gasteiger partial charge in [-0.2, -0.15) is 0 Å². The van der Waals surface area contributed by atoms with Crippen LogP contribution in [0.3, 0.4) is 0 Å². The maximum Gasteiger partial charge on any atom is 0.258 e. The lowest BCUT2D eigenvalue weighted by molar-refractivity contribution is 0.0996. The van der Waals surface area contributed by atoms with Gasteiger partial charge in [0.05, 0.1) is 17.6 Å². The molecule has 154 valence electrons. The predicted molar refractivity (Wildman–Crippen MR) is 122 cm³/mol. The van der Waals surface area contributed by atoms with E-state index in [2.05, 4.69) is 27.0 Å². The zero-order chi connectivity index (χ0) is 20.8. The molecule has 2 aliphatic rings. The molecule has 6 heteroatoms. The van der Waals surface area contributed by atoms with E-state index in [0.717, 1.165) is 52.3 Å². The molecule has 1 N–H and O–H groups in total. The normalized spacial score (nSPS) is 16.2. The Morgan fingerprint density at radius 1 is 0.871 bits per heavy atom. The molecule has 6 rings (SSSR count). The number of amides is 1. The Labute approximate surface area is 180 Å². The predicted octanol–water partition coefficient (Wildman–Crippen LogP) is 4.78. The highest BCUT2D eigenvalue weighted by Gasteiger charge is 2.29. The second-order valence-electron chi connectivity index (χ2n) is 8.30. The Morgan fingerprint density at radius 2 is 1.68 bits per heavy atom. The highest BCUT2D eigenvalue weighted by molar-refractivity contribution is 6.10. The molecule has 0 spiro atoms. The van der Waals surface area contributed by atoms with Crippen LogP contribution >= 0.6 is 0 Å². The first-order chi connectivity index (χ1) is 15.3. The number of benzene rings is 2. The second kappa shape index (κ2) is 7.23. The van der Waals surface area contributed by atoms with E-state index in [1.54, 1.807) is 12.4 Å². The van der Waals surface area contributed by atoms with Gasteiger partial charge in [-0.1, -0.05) is 0 Å². The molecular weight excluding hydrogens is 386 g/mol. The third-order valence-corrected chi connectivity index (χ3v) is 6.35. The van der Waals surface area contributed by atoms with Crippen molar-refractivity contribution >= 4 is 28.3 Å². The van der Waals surface area contributed by atoms with Crippen LogP contribution in [-0.2, 0) is 6.54 Å². The third kappa shape index (κ3) is 3.15. The molecular formula is C25H23N5O. The third-order valence-electron chi connectivity index (χ3n) is 6.35. The first-order valence-electron chi connectivity index (χ1n) is 10.9. The summed E-state index contributed by atoms with van der Waals surface area (Å²) in [6.07, 6.45) is 7.31. The van der Waals surface area contributed by atoms with Gasteiger partial charge >= 0.3 is 0 Å². The number of imidazole rings is 1. The van der Waals surface area contributed by atoms with E-state index in [1.165, 1.54) is 24.9 Å². The molecule has 0 radical (unpaired) electrons. The number of nitrogens with one attached hydrogen (secondary N) is 1. The molecule has 0 aliphatic carbocycles. The van der Waals surface area contributed by atoms with Crippen LogP contribution in [0.15, 0.2) is 60.9 Å². The Morgan fingerprint density at radius 3 is 2.52 bits per heavy atom. The lowest BCUT2D eigenvalue weighted by Gasteiger charge is -2.29. The number of fused-ring (bicyclic) bond motifs is 2. The minimum Gasteiger partial charge on any atom is -0.372 e. The number of hydrogen-bond acceptors (Lipinski definition) is 4. The molecule has 2 aromatic heterocycles. The Kier molecular flexibility index (Phi) is 4.23. The molecule has 0 atom stereocenters. The number of carbonyl (C=O) groups excluding carboxylic acids is 1. The second-order valence-corrected chi connectivity index (χ2v) is 8.30. The fourth-order valence-corrected chi connectivity index (χ4v) is 4.67. The monoisotopic (exact) mass is 409 g/mol. The van der Waals surface area contributed by atoms with Crippen molar-refractivity contribution in [2.75, 3.05) is 22.9 Å². The topological polar surface area (TPSA) is 65.1 Å². The number of aromatic amines is 1. The summed E-state index contributed by atoms with van der Waals surface area (Å²) >= 11 is 0. The molecule has 0 saturated carbocycles. The van der Waals surface area contributed by atoms with Crippen molar-refractivity contribution in [3.63, 3.8) is 0 Å². The fourth-order valence-electron chi connectivity index (χ4n) is 4.67. The van der Waals surface area contributed by atoms with E-state index in [4.69, 9.17) is 4.98 Å². The lowest BCUT2D eigenvalue weighted by Crippen LogP contribution is -2.29. The number of hydrogen-bond donors (Lipinski definition) is 1. The van der Waals surface area contributed by atoms with Crippen molar-refractivity contribution in [1.29, 1.82) is 0 Å². The molecule has 1 amide bonds. The van der Waals surface area contributed by atoms with E-state index in [9.17, 15) is 4.79 Å². The van der Waals surface area contributed by atoms with Crippen LogP contribution in [0.4, 0.5) is 11.4 Å².